The molecule has 1 aromatic heterocycles. The van der Waals surface area contributed by atoms with Crippen molar-refractivity contribution in [1.82, 2.24) is 10.3 Å². The van der Waals surface area contributed by atoms with Crippen LogP contribution in [0.5, 0.6) is 0 Å². The van der Waals surface area contributed by atoms with Crippen LogP contribution in [0, 0.1) is 12.7 Å². The highest BCUT2D eigenvalue weighted by atomic mass is 32.2. The summed E-state index contributed by atoms with van der Waals surface area (Å²) in [5, 5.41) is 1.93. The molecule has 1 fully saturated rings. The number of sulfone groups is 2. The molecule has 0 unspecified atom stereocenters. The molecule has 2 heterocycles. The van der Waals surface area contributed by atoms with Crippen LogP contribution in [-0.4, -0.2) is 44.6 Å². The van der Waals surface area contributed by atoms with Crippen LogP contribution in [0.4, 0.5) is 4.39 Å². The third-order valence-electron chi connectivity index (χ3n) is 4.47. The van der Waals surface area contributed by atoms with Crippen molar-refractivity contribution in [3.63, 3.8) is 0 Å². The summed E-state index contributed by atoms with van der Waals surface area (Å²) in [6.07, 6.45) is 3.22. The van der Waals surface area contributed by atoms with E-state index in [0.29, 0.717) is 6.54 Å². The zero-order valence-electron chi connectivity index (χ0n) is 14.1. The molecule has 0 spiro atoms. The lowest BCUT2D eigenvalue weighted by Gasteiger charge is -2.20. The molecule has 1 saturated heterocycles. The number of hydrogen-bond donors (Lipinski definition) is 1. The van der Waals surface area contributed by atoms with Gasteiger partial charge in [0.05, 0.1) is 21.7 Å². The predicted octanol–water partition coefficient (Wildman–Crippen LogP) is 1.26. The number of pyridine rings is 1. The summed E-state index contributed by atoms with van der Waals surface area (Å²) < 4.78 is 63.6. The largest absolute Gasteiger partial charge is 0.308 e. The summed E-state index contributed by atoms with van der Waals surface area (Å²) in [5.74, 6) is -1.20. The minimum Gasteiger partial charge on any atom is -0.308 e. The van der Waals surface area contributed by atoms with Gasteiger partial charge in [-0.1, -0.05) is 0 Å². The highest BCUT2D eigenvalue weighted by molar-refractivity contribution is 7.96. The summed E-state index contributed by atoms with van der Waals surface area (Å²) in [6, 6.07) is 6.32. The van der Waals surface area contributed by atoms with Gasteiger partial charge in [-0.05, 0) is 48.4 Å². The van der Waals surface area contributed by atoms with Crippen molar-refractivity contribution in [3.8, 4) is 0 Å². The van der Waals surface area contributed by atoms with Gasteiger partial charge < -0.3 is 5.32 Å². The Morgan fingerprint density at radius 1 is 1.19 bits per heavy atom. The quantitative estimate of drug-likeness (QED) is 0.762. The molecular weight excluding hydrogens is 379 g/mol. The smallest absolute Gasteiger partial charge is 0.183 e. The molecule has 0 bridgehead atoms. The van der Waals surface area contributed by atoms with E-state index >= 15 is 0 Å². The molecule has 0 radical (unpaired) electrons. The molecule has 140 valence electrons. The topological polar surface area (TPSA) is 93.2 Å². The number of nitrogens with one attached hydrogen (secondary N) is 1. The van der Waals surface area contributed by atoms with Crippen LogP contribution in [0.25, 0.3) is 0 Å². The fourth-order valence-electron chi connectivity index (χ4n) is 3.03. The summed E-state index contributed by atoms with van der Waals surface area (Å²) in [6.45, 7) is 1.80. The molecule has 2 aromatic rings. The molecule has 1 aliphatic rings. The van der Waals surface area contributed by atoms with Crippen molar-refractivity contribution in [2.45, 2.75) is 29.7 Å². The molecule has 1 N–H and O–H groups in total. The van der Waals surface area contributed by atoms with E-state index in [9.17, 15) is 21.2 Å². The molecule has 3 rings (SSSR count). The Kier molecular flexibility index (Phi) is 5.14. The van der Waals surface area contributed by atoms with Gasteiger partial charge in [0.2, 0.25) is 0 Å². The average Bonchev–Trinajstić information content (AvgIpc) is 2.92. The number of nitrogens with zero attached hydrogens (tertiary/aromatic N) is 1. The predicted molar refractivity (Wildman–Crippen MR) is 95.6 cm³/mol. The Morgan fingerprint density at radius 2 is 1.88 bits per heavy atom. The minimum absolute atomic E-state index is 0.0609. The standard InChI is InChI=1S/C17H19FN2O4S2/c1-12-8-14(2-3-15(12)18)26(23,24)17-11-25(21,22)10-16(17)20-9-13-4-6-19-7-5-13/h2-8,16-17,20H,9-11H2,1H3/t16-,17-/m1/s1. The minimum atomic E-state index is -3.92. The van der Waals surface area contributed by atoms with Gasteiger partial charge in [0.15, 0.2) is 19.7 Å². The van der Waals surface area contributed by atoms with Gasteiger partial charge in [0, 0.05) is 25.0 Å². The molecular formula is C17H19FN2O4S2. The van der Waals surface area contributed by atoms with Crippen LogP contribution < -0.4 is 5.32 Å². The number of aromatic nitrogens is 1. The van der Waals surface area contributed by atoms with E-state index < -0.39 is 42.5 Å². The second-order valence-electron chi connectivity index (χ2n) is 6.41. The van der Waals surface area contributed by atoms with Crippen molar-refractivity contribution in [3.05, 3.63) is 59.7 Å². The first-order valence-corrected chi connectivity index (χ1v) is 11.4. The third kappa shape index (κ3) is 3.94. The number of halogens is 1. The molecule has 2 atom stereocenters. The van der Waals surface area contributed by atoms with Gasteiger partial charge >= 0.3 is 0 Å². The van der Waals surface area contributed by atoms with Crippen LogP contribution in [0.15, 0.2) is 47.6 Å². The Labute approximate surface area is 152 Å². The normalized spacial score (nSPS) is 22.4. The highest BCUT2D eigenvalue weighted by Crippen LogP contribution is 2.27. The number of hydrogen-bond acceptors (Lipinski definition) is 6. The molecule has 0 aliphatic carbocycles. The fourth-order valence-corrected chi connectivity index (χ4v) is 7.83. The van der Waals surface area contributed by atoms with Crippen LogP contribution >= 0.6 is 0 Å². The van der Waals surface area contributed by atoms with Gasteiger partial charge in [-0.15, -0.1) is 0 Å². The highest BCUT2D eigenvalue weighted by Gasteiger charge is 2.45. The van der Waals surface area contributed by atoms with E-state index in [1.54, 1.807) is 24.5 Å². The van der Waals surface area contributed by atoms with Crippen molar-refractivity contribution >= 4 is 19.7 Å². The van der Waals surface area contributed by atoms with Crippen LogP contribution in [0.2, 0.25) is 0 Å². The lowest BCUT2D eigenvalue weighted by Crippen LogP contribution is -2.43. The molecule has 1 aliphatic heterocycles. The number of benzene rings is 1. The second-order valence-corrected chi connectivity index (χ2v) is 10.7. The number of rotatable bonds is 5. The molecule has 6 nitrogen and oxygen atoms in total. The van der Waals surface area contributed by atoms with Gasteiger partial charge in [-0.2, -0.15) is 0 Å². The maximum absolute atomic E-state index is 13.5. The maximum Gasteiger partial charge on any atom is 0.183 e. The van der Waals surface area contributed by atoms with Gasteiger partial charge in [0.25, 0.3) is 0 Å². The van der Waals surface area contributed by atoms with Gasteiger partial charge in [-0.3, -0.25) is 4.98 Å². The Balaban J connectivity index is 1.88. The molecule has 0 saturated carbocycles. The van der Waals surface area contributed by atoms with E-state index in [-0.39, 0.29) is 16.2 Å². The summed E-state index contributed by atoms with van der Waals surface area (Å²) in [5.41, 5.74) is 1.08. The van der Waals surface area contributed by atoms with Crippen LogP contribution in [0.1, 0.15) is 11.1 Å². The maximum atomic E-state index is 13.5. The zero-order valence-corrected chi connectivity index (χ0v) is 15.7. The summed E-state index contributed by atoms with van der Waals surface area (Å²) in [4.78, 5) is 3.85. The Morgan fingerprint density at radius 3 is 2.54 bits per heavy atom. The SMILES string of the molecule is Cc1cc(S(=O)(=O)[C@@H]2CS(=O)(=O)C[C@H]2NCc2ccncc2)ccc1F. The lowest BCUT2D eigenvalue weighted by atomic mass is 10.2. The molecule has 9 heteroatoms. The lowest BCUT2D eigenvalue weighted by molar-refractivity contribution is 0.525. The van der Waals surface area contributed by atoms with Crippen LogP contribution in [0.3, 0.4) is 0 Å². The Bertz CT molecular complexity index is 1010. The van der Waals surface area contributed by atoms with Gasteiger partial charge in [0.1, 0.15) is 5.82 Å². The van der Waals surface area contributed by atoms with E-state index in [4.69, 9.17) is 0 Å². The average molecular weight is 398 g/mol. The fraction of sp³-hybridized carbons (Fsp3) is 0.353. The van der Waals surface area contributed by atoms with E-state index in [0.717, 1.165) is 11.6 Å². The first-order chi connectivity index (χ1) is 12.2. The third-order valence-corrected chi connectivity index (χ3v) is 8.62. The summed E-state index contributed by atoms with van der Waals surface area (Å²) in [7, 11) is -7.41. The van der Waals surface area contributed by atoms with Crippen molar-refractivity contribution in [2.75, 3.05) is 11.5 Å². The first kappa shape index (κ1) is 18.9. The Hall–Kier alpha value is -1.84. The van der Waals surface area contributed by atoms with E-state index in [2.05, 4.69) is 10.3 Å². The summed E-state index contributed by atoms with van der Waals surface area (Å²) >= 11 is 0. The van der Waals surface area contributed by atoms with Crippen LogP contribution in [-0.2, 0) is 26.2 Å². The van der Waals surface area contributed by atoms with Crippen molar-refractivity contribution < 1.29 is 21.2 Å². The number of aryl methyl sites for hydroxylation is 1. The monoisotopic (exact) mass is 398 g/mol. The molecule has 0 amide bonds. The van der Waals surface area contributed by atoms with Crippen molar-refractivity contribution in [2.24, 2.45) is 0 Å². The zero-order chi connectivity index (χ0) is 18.9. The first-order valence-electron chi connectivity index (χ1n) is 8.02. The van der Waals surface area contributed by atoms with Gasteiger partial charge in [-0.25, -0.2) is 21.2 Å². The van der Waals surface area contributed by atoms with E-state index in [1.165, 1.54) is 19.1 Å². The second kappa shape index (κ2) is 7.05. The van der Waals surface area contributed by atoms with Crippen molar-refractivity contribution in [1.29, 1.82) is 0 Å². The van der Waals surface area contributed by atoms with E-state index in [1.807, 2.05) is 0 Å². The molecule has 1 aromatic carbocycles. The molecule has 26 heavy (non-hydrogen) atoms.